The number of amides is 2. The third-order valence-corrected chi connectivity index (χ3v) is 4.53. The van der Waals surface area contributed by atoms with Crippen molar-refractivity contribution in [3.63, 3.8) is 0 Å². The molecule has 0 aromatic rings. The highest BCUT2D eigenvalue weighted by atomic mass is 16.4. The van der Waals surface area contributed by atoms with Crippen molar-refractivity contribution >= 4 is 17.8 Å². The smallest absolute Gasteiger partial charge is 0.308 e. The van der Waals surface area contributed by atoms with Crippen molar-refractivity contribution < 1.29 is 19.5 Å². The average Bonchev–Trinajstić information content (AvgIpc) is 2.80. The molecule has 6 heteroatoms. The van der Waals surface area contributed by atoms with Crippen LogP contribution in [-0.4, -0.2) is 58.9 Å². The molecule has 0 aromatic carbocycles. The highest BCUT2D eigenvalue weighted by Gasteiger charge is 2.37. The van der Waals surface area contributed by atoms with Crippen LogP contribution in [0.25, 0.3) is 0 Å². The van der Waals surface area contributed by atoms with Gasteiger partial charge in [-0.3, -0.25) is 14.4 Å². The molecule has 118 valence electrons. The van der Waals surface area contributed by atoms with E-state index in [-0.39, 0.29) is 30.8 Å². The van der Waals surface area contributed by atoms with Gasteiger partial charge in [-0.1, -0.05) is 19.8 Å². The van der Waals surface area contributed by atoms with E-state index in [2.05, 4.69) is 0 Å². The first kappa shape index (κ1) is 15.8. The zero-order chi connectivity index (χ0) is 15.4. The quantitative estimate of drug-likeness (QED) is 0.841. The zero-order valence-corrected chi connectivity index (χ0v) is 12.6. The van der Waals surface area contributed by atoms with Crippen molar-refractivity contribution in [3.05, 3.63) is 0 Å². The molecular weight excluding hydrogens is 272 g/mol. The second-order valence-electron chi connectivity index (χ2n) is 6.20. The Morgan fingerprint density at radius 3 is 2.57 bits per heavy atom. The number of carboxylic acid groups (broad SMARTS) is 1. The molecule has 1 N–H and O–H groups in total. The molecule has 2 aliphatic rings. The lowest BCUT2D eigenvalue weighted by molar-refractivity contribution is -0.143. The lowest BCUT2D eigenvalue weighted by atomic mass is 9.99. The van der Waals surface area contributed by atoms with Crippen LogP contribution in [-0.2, 0) is 14.4 Å². The lowest BCUT2D eigenvalue weighted by Gasteiger charge is -2.26. The summed E-state index contributed by atoms with van der Waals surface area (Å²) in [6, 6.07) is 0. The Bertz CT molecular complexity index is 424. The second kappa shape index (κ2) is 6.91. The highest BCUT2D eigenvalue weighted by Crippen LogP contribution is 2.23. The monoisotopic (exact) mass is 296 g/mol. The van der Waals surface area contributed by atoms with Gasteiger partial charge in [0.25, 0.3) is 0 Å². The average molecular weight is 296 g/mol. The molecule has 2 aliphatic heterocycles. The van der Waals surface area contributed by atoms with E-state index >= 15 is 0 Å². The van der Waals surface area contributed by atoms with Crippen LogP contribution in [0, 0.1) is 11.8 Å². The number of likely N-dealkylation sites (tertiary alicyclic amines) is 2. The number of carbonyl (C=O) groups excluding carboxylic acids is 2. The van der Waals surface area contributed by atoms with Crippen LogP contribution in [0.4, 0.5) is 0 Å². The predicted octanol–water partition coefficient (Wildman–Crippen LogP) is 0.958. The van der Waals surface area contributed by atoms with Crippen molar-refractivity contribution in [1.29, 1.82) is 0 Å². The summed E-state index contributed by atoms with van der Waals surface area (Å²) in [5.41, 5.74) is 0. The standard InChI is InChI=1S/C15H24N2O4/c1-11-8-17(9-12(11)15(20)21)14(19)10-16-7-5-3-2-4-6-13(16)18/h11-12H,2-10H2,1H3,(H,20,21)/t11-,12-/m1/s1. The highest BCUT2D eigenvalue weighted by molar-refractivity contribution is 5.85. The Morgan fingerprint density at radius 1 is 1.19 bits per heavy atom. The molecule has 0 unspecified atom stereocenters. The molecule has 6 nitrogen and oxygen atoms in total. The topological polar surface area (TPSA) is 77.9 Å². The third kappa shape index (κ3) is 3.95. The Balaban J connectivity index is 1.91. The number of carbonyl (C=O) groups is 3. The molecule has 0 spiro atoms. The Labute approximate surface area is 125 Å². The van der Waals surface area contributed by atoms with E-state index in [9.17, 15) is 14.4 Å². The van der Waals surface area contributed by atoms with E-state index in [0.29, 0.717) is 19.5 Å². The summed E-state index contributed by atoms with van der Waals surface area (Å²) >= 11 is 0. The summed E-state index contributed by atoms with van der Waals surface area (Å²) in [5, 5.41) is 9.11. The van der Waals surface area contributed by atoms with E-state index < -0.39 is 11.9 Å². The van der Waals surface area contributed by atoms with Crippen LogP contribution in [0.5, 0.6) is 0 Å². The maximum absolute atomic E-state index is 12.3. The molecule has 21 heavy (non-hydrogen) atoms. The van der Waals surface area contributed by atoms with E-state index in [1.807, 2.05) is 6.92 Å². The summed E-state index contributed by atoms with van der Waals surface area (Å²) in [6.45, 7) is 3.32. The Kier molecular flexibility index (Phi) is 5.20. The van der Waals surface area contributed by atoms with Gasteiger partial charge in [0.2, 0.25) is 11.8 Å². The van der Waals surface area contributed by atoms with Gasteiger partial charge in [-0.15, -0.1) is 0 Å². The molecule has 2 heterocycles. The molecule has 2 rings (SSSR count). The molecule has 2 amide bonds. The normalized spacial score (nSPS) is 27.4. The molecule has 2 atom stereocenters. The largest absolute Gasteiger partial charge is 0.481 e. The van der Waals surface area contributed by atoms with Gasteiger partial charge in [0.1, 0.15) is 0 Å². The van der Waals surface area contributed by atoms with E-state index in [4.69, 9.17) is 5.11 Å². The maximum Gasteiger partial charge on any atom is 0.308 e. The van der Waals surface area contributed by atoms with E-state index in [0.717, 1.165) is 25.7 Å². The molecule has 0 aliphatic carbocycles. The van der Waals surface area contributed by atoms with Gasteiger partial charge in [0.15, 0.2) is 0 Å². The summed E-state index contributed by atoms with van der Waals surface area (Å²) in [4.78, 5) is 38.7. The first-order chi connectivity index (χ1) is 9.99. The van der Waals surface area contributed by atoms with E-state index in [1.54, 1.807) is 9.80 Å². The Hall–Kier alpha value is -1.59. The summed E-state index contributed by atoms with van der Waals surface area (Å²) < 4.78 is 0. The van der Waals surface area contributed by atoms with Crippen molar-refractivity contribution in [2.75, 3.05) is 26.2 Å². The molecule has 0 aromatic heterocycles. The van der Waals surface area contributed by atoms with Gasteiger partial charge >= 0.3 is 5.97 Å². The number of nitrogens with zero attached hydrogens (tertiary/aromatic N) is 2. The minimum absolute atomic E-state index is 0.0329. The van der Waals surface area contributed by atoms with E-state index in [1.165, 1.54) is 0 Å². The number of rotatable bonds is 3. The van der Waals surface area contributed by atoms with Crippen LogP contribution < -0.4 is 0 Å². The fourth-order valence-corrected chi connectivity index (χ4v) is 3.14. The van der Waals surface area contributed by atoms with Crippen molar-refractivity contribution in [1.82, 2.24) is 9.80 Å². The SMILES string of the molecule is C[C@@H]1CN(C(=O)CN2CCCCCCC2=O)C[C@H]1C(=O)O. The fourth-order valence-electron chi connectivity index (χ4n) is 3.14. The van der Waals surface area contributed by atoms with Gasteiger partial charge in [-0.05, 0) is 18.8 Å². The van der Waals surface area contributed by atoms with Crippen molar-refractivity contribution in [2.24, 2.45) is 11.8 Å². The number of hydrogen-bond donors (Lipinski definition) is 1. The predicted molar refractivity (Wildman–Crippen MR) is 76.5 cm³/mol. The molecular formula is C15H24N2O4. The van der Waals surface area contributed by atoms with Crippen LogP contribution in [0.1, 0.15) is 39.0 Å². The zero-order valence-electron chi connectivity index (χ0n) is 12.6. The maximum atomic E-state index is 12.3. The van der Waals surface area contributed by atoms with Crippen LogP contribution in [0.15, 0.2) is 0 Å². The number of hydrogen-bond acceptors (Lipinski definition) is 3. The molecule has 0 radical (unpaired) electrons. The number of aliphatic carboxylic acids is 1. The second-order valence-corrected chi connectivity index (χ2v) is 6.20. The van der Waals surface area contributed by atoms with Gasteiger partial charge in [-0.2, -0.15) is 0 Å². The number of carboxylic acids is 1. The van der Waals surface area contributed by atoms with Gasteiger partial charge in [-0.25, -0.2) is 0 Å². The molecule has 2 saturated heterocycles. The third-order valence-electron chi connectivity index (χ3n) is 4.53. The molecule has 0 saturated carbocycles. The molecule has 2 fully saturated rings. The first-order valence-electron chi connectivity index (χ1n) is 7.77. The van der Waals surface area contributed by atoms with Crippen LogP contribution in [0.2, 0.25) is 0 Å². The summed E-state index contributed by atoms with van der Waals surface area (Å²) in [7, 11) is 0. The first-order valence-corrected chi connectivity index (χ1v) is 7.77. The van der Waals surface area contributed by atoms with Gasteiger partial charge in [0.05, 0.1) is 12.5 Å². The lowest BCUT2D eigenvalue weighted by Crippen LogP contribution is -2.43. The fraction of sp³-hybridized carbons (Fsp3) is 0.800. The van der Waals surface area contributed by atoms with Crippen LogP contribution in [0.3, 0.4) is 0 Å². The van der Waals surface area contributed by atoms with Gasteiger partial charge < -0.3 is 14.9 Å². The summed E-state index contributed by atoms with van der Waals surface area (Å²) in [6.07, 6.45) is 4.53. The minimum Gasteiger partial charge on any atom is -0.481 e. The minimum atomic E-state index is -0.847. The van der Waals surface area contributed by atoms with Gasteiger partial charge in [0, 0.05) is 26.1 Å². The van der Waals surface area contributed by atoms with Crippen LogP contribution >= 0.6 is 0 Å². The van der Waals surface area contributed by atoms with Crippen molar-refractivity contribution in [2.45, 2.75) is 39.0 Å². The summed E-state index contributed by atoms with van der Waals surface area (Å²) in [5.74, 6) is -1.45. The Morgan fingerprint density at radius 2 is 1.90 bits per heavy atom. The van der Waals surface area contributed by atoms with Crippen molar-refractivity contribution in [3.8, 4) is 0 Å². The molecule has 0 bridgehead atoms.